The molecule has 0 unspecified atom stereocenters. The normalized spacial score (nSPS) is 31.6. The monoisotopic (exact) mass is 267 g/mol. The van der Waals surface area contributed by atoms with Crippen LogP contribution in [-0.4, -0.2) is 38.4 Å². The minimum absolute atomic E-state index is 0.0290. The maximum atomic E-state index is 11.0. The molecule has 0 bridgehead atoms. The van der Waals surface area contributed by atoms with Crippen molar-refractivity contribution in [3.05, 3.63) is 0 Å². The molecule has 1 aliphatic rings. The summed E-state index contributed by atoms with van der Waals surface area (Å²) in [6, 6.07) is 0. The summed E-state index contributed by atoms with van der Waals surface area (Å²) in [5.74, 6) is 1.54. The van der Waals surface area contributed by atoms with Gasteiger partial charge in [-0.2, -0.15) is 0 Å². The number of hydrogen-bond donors (Lipinski definition) is 1. The van der Waals surface area contributed by atoms with Crippen LogP contribution >= 0.6 is 11.6 Å². The highest BCUT2D eigenvalue weighted by Crippen LogP contribution is 2.32. The Labute approximate surface area is 104 Å². The highest BCUT2D eigenvalue weighted by atomic mass is 35.5. The van der Waals surface area contributed by atoms with Gasteiger partial charge in [0.1, 0.15) is 9.84 Å². The Morgan fingerprint density at radius 2 is 1.94 bits per heavy atom. The maximum Gasteiger partial charge on any atom is 0.148 e. The summed E-state index contributed by atoms with van der Waals surface area (Å²) in [6.07, 6.45) is 5.74. The van der Waals surface area contributed by atoms with E-state index in [0.717, 1.165) is 18.8 Å². The van der Waals surface area contributed by atoms with E-state index in [2.05, 4.69) is 12.2 Å². The fourth-order valence-electron chi connectivity index (χ4n) is 2.17. The first-order valence-corrected chi connectivity index (χ1v) is 8.45. The fraction of sp³-hybridized carbons (Fsp3) is 1.00. The fourth-order valence-corrected chi connectivity index (χ4v) is 3.01. The first kappa shape index (κ1) is 14.3. The van der Waals surface area contributed by atoms with Gasteiger partial charge in [-0.1, -0.05) is 6.92 Å². The number of alkyl halides is 1. The molecule has 0 amide bonds. The van der Waals surface area contributed by atoms with Gasteiger partial charge < -0.3 is 5.32 Å². The van der Waals surface area contributed by atoms with Crippen molar-refractivity contribution in [2.45, 2.75) is 38.1 Å². The molecule has 1 N–H and O–H groups in total. The number of sulfone groups is 1. The lowest BCUT2D eigenvalue weighted by Gasteiger charge is -2.39. The average Bonchev–Trinajstić information content (AvgIpc) is 2.20. The van der Waals surface area contributed by atoms with Gasteiger partial charge in [0.2, 0.25) is 0 Å². The van der Waals surface area contributed by atoms with Crippen LogP contribution in [0.1, 0.15) is 32.6 Å². The van der Waals surface area contributed by atoms with E-state index in [9.17, 15) is 8.42 Å². The molecule has 0 aromatic heterocycles. The highest BCUT2D eigenvalue weighted by molar-refractivity contribution is 7.90. The molecule has 0 heterocycles. The maximum absolute atomic E-state index is 11.0. The molecule has 1 fully saturated rings. The van der Waals surface area contributed by atoms with Gasteiger partial charge in [-0.25, -0.2) is 8.42 Å². The zero-order valence-electron chi connectivity index (χ0n) is 10.1. The molecule has 0 aromatic rings. The van der Waals surface area contributed by atoms with Crippen LogP contribution in [0, 0.1) is 5.92 Å². The van der Waals surface area contributed by atoms with Gasteiger partial charge in [0.05, 0.1) is 5.75 Å². The molecule has 1 aliphatic carbocycles. The van der Waals surface area contributed by atoms with E-state index in [0.29, 0.717) is 12.4 Å². The Hall–Kier alpha value is 0.200. The number of nitrogens with one attached hydrogen (secondary N) is 1. The van der Waals surface area contributed by atoms with Crippen LogP contribution in [0.5, 0.6) is 0 Å². The number of hydrogen-bond acceptors (Lipinski definition) is 3. The summed E-state index contributed by atoms with van der Waals surface area (Å²) in [5, 5.41) is 3.35. The van der Waals surface area contributed by atoms with Gasteiger partial charge >= 0.3 is 0 Å². The smallest absolute Gasteiger partial charge is 0.148 e. The van der Waals surface area contributed by atoms with E-state index < -0.39 is 9.84 Å². The summed E-state index contributed by atoms with van der Waals surface area (Å²) in [7, 11) is -2.88. The summed E-state index contributed by atoms with van der Waals surface area (Å²) in [4.78, 5) is 0. The molecule has 1 rings (SSSR count). The Balaban J connectivity index is 2.42. The Morgan fingerprint density at radius 1 is 1.38 bits per heavy atom. The predicted octanol–water partition coefficient (Wildman–Crippen LogP) is 1.81. The lowest BCUT2D eigenvalue weighted by Crippen LogP contribution is -2.50. The van der Waals surface area contributed by atoms with E-state index in [-0.39, 0.29) is 11.3 Å². The van der Waals surface area contributed by atoms with Crippen LogP contribution in [0.25, 0.3) is 0 Å². The van der Waals surface area contributed by atoms with Crippen LogP contribution in [0.3, 0.4) is 0 Å². The van der Waals surface area contributed by atoms with Crippen LogP contribution < -0.4 is 5.32 Å². The standard InChI is InChI=1S/C11H22ClNO2S/c1-10-3-5-11(9-12,6-4-10)13-7-8-16(2,14)15/h10,13H,3-9H2,1-2H3. The van der Waals surface area contributed by atoms with Gasteiger partial charge in [-0.3, -0.25) is 0 Å². The molecular formula is C11H22ClNO2S. The topological polar surface area (TPSA) is 46.2 Å². The largest absolute Gasteiger partial charge is 0.309 e. The molecule has 0 spiro atoms. The van der Waals surface area contributed by atoms with E-state index in [1.807, 2.05) is 0 Å². The van der Waals surface area contributed by atoms with Crippen LogP contribution in [0.4, 0.5) is 0 Å². The average molecular weight is 268 g/mol. The Morgan fingerprint density at radius 3 is 2.38 bits per heavy atom. The van der Waals surface area contributed by atoms with E-state index >= 15 is 0 Å². The molecule has 0 aromatic carbocycles. The van der Waals surface area contributed by atoms with Crippen molar-refractivity contribution in [3.8, 4) is 0 Å². The molecule has 16 heavy (non-hydrogen) atoms. The van der Waals surface area contributed by atoms with E-state index in [4.69, 9.17) is 11.6 Å². The Kier molecular flexibility index (Phi) is 5.08. The number of rotatable bonds is 5. The minimum Gasteiger partial charge on any atom is -0.309 e. The van der Waals surface area contributed by atoms with Crippen molar-refractivity contribution in [1.82, 2.24) is 5.32 Å². The van der Waals surface area contributed by atoms with Crippen molar-refractivity contribution in [2.75, 3.05) is 24.4 Å². The first-order chi connectivity index (χ1) is 7.37. The van der Waals surface area contributed by atoms with E-state index in [1.54, 1.807) is 0 Å². The number of halogens is 1. The van der Waals surface area contributed by atoms with Crippen molar-refractivity contribution < 1.29 is 8.42 Å². The molecular weight excluding hydrogens is 246 g/mol. The third-order valence-electron chi connectivity index (χ3n) is 3.46. The summed E-state index contributed by atoms with van der Waals surface area (Å²) in [6.45, 7) is 2.77. The van der Waals surface area contributed by atoms with Crippen LogP contribution in [0.2, 0.25) is 0 Å². The van der Waals surface area contributed by atoms with Gasteiger partial charge in [-0.15, -0.1) is 11.6 Å². The molecule has 5 heteroatoms. The van der Waals surface area contributed by atoms with E-state index in [1.165, 1.54) is 19.1 Å². The summed E-state index contributed by atoms with van der Waals surface area (Å²) >= 11 is 6.02. The lowest BCUT2D eigenvalue weighted by atomic mass is 9.78. The van der Waals surface area contributed by atoms with Gasteiger partial charge in [0.25, 0.3) is 0 Å². The lowest BCUT2D eigenvalue weighted by molar-refractivity contribution is 0.221. The van der Waals surface area contributed by atoms with Gasteiger partial charge in [0.15, 0.2) is 0 Å². The predicted molar refractivity (Wildman–Crippen MR) is 68.8 cm³/mol. The molecule has 0 saturated heterocycles. The molecule has 0 atom stereocenters. The molecule has 96 valence electrons. The van der Waals surface area contributed by atoms with Crippen molar-refractivity contribution >= 4 is 21.4 Å². The zero-order valence-corrected chi connectivity index (χ0v) is 11.7. The minimum atomic E-state index is -2.88. The van der Waals surface area contributed by atoms with Crippen molar-refractivity contribution in [1.29, 1.82) is 0 Å². The van der Waals surface area contributed by atoms with Crippen molar-refractivity contribution in [3.63, 3.8) is 0 Å². The molecule has 0 radical (unpaired) electrons. The summed E-state index contributed by atoms with van der Waals surface area (Å²) in [5.41, 5.74) is -0.0290. The molecule has 0 aliphatic heterocycles. The summed E-state index contributed by atoms with van der Waals surface area (Å²) < 4.78 is 22.1. The van der Waals surface area contributed by atoms with Crippen LogP contribution in [-0.2, 0) is 9.84 Å². The SMILES string of the molecule is CC1CCC(CCl)(NCCS(C)(=O)=O)CC1. The molecule has 3 nitrogen and oxygen atoms in total. The highest BCUT2D eigenvalue weighted by Gasteiger charge is 2.32. The third-order valence-corrected chi connectivity index (χ3v) is 4.92. The third kappa shape index (κ3) is 4.60. The second-order valence-electron chi connectivity index (χ2n) is 5.15. The molecule has 1 saturated carbocycles. The van der Waals surface area contributed by atoms with Gasteiger partial charge in [0, 0.05) is 24.2 Å². The van der Waals surface area contributed by atoms with Gasteiger partial charge in [-0.05, 0) is 31.6 Å². The second-order valence-corrected chi connectivity index (χ2v) is 7.68. The van der Waals surface area contributed by atoms with Crippen molar-refractivity contribution in [2.24, 2.45) is 5.92 Å². The van der Waals surface area contributed by atoms with Crippen LogP contribution in [0.15, 0.2) is 0 Å². The quantitative estimate of drug-likeness (QED) is 0.773. The second kappa shape index (κ2) is 5.69. The Bertz CT molecular complexity index is 308. The first-order valence-electron chi connectivity index (χ1n) is 5.86. The zero-order chi connectivity index (χ0) is 12.2.